The van der Waals surface area contributed by atoms with Crippen LogP contribution in [0.2, 0.25) is 0 Å². The zero-order valence-corrected chi connectivity index (χ0v) is 11.0. The number of rotatable bonds is 4. The van der Waals surface area contributed by atoms with E-state index in [1.54, 1.807) is 0 Å². The van der Waals surface area contributed by atoms with Gasteiger partial charge in [-0.25, -0.2) is 0 Å². The second-order valence-corrected chi connectivity index (χ2v) is 5.30. The van der Waals surface area contributed by atoms with Crippen molar-refractivity contribution in [3.63, 3.8) is 0 Å². The van der Waals surface area contributed by atoms with Gasteiger partial charge in [0.2, 0.25) is 0 Å². The molecule has 1 aliphatic rings. The van der Waals surface area contributed by atoms with Crippen molar-refractivity contribution < 1.29 is 0 Å². The van der Waals surface area contributed by atoms with Crippen molar-refractivity contribution in [3.8, 4) is 0 Å². The van der Waals surface area contributed by atoms with Gasteiger partial charge in [-0.2, -0.15) is 0 Å². The summed E-state index contributed by atoms with van der Waals surface area (Å²) in [5.41, 5.74) is 1.38. The van der Waals surface area contributed by atoms with Crippen molar-refractivity contribution >= 4 is 0 Å². The van der Waals surface area contributed by atoms with E-state index in [4.69, 9.17) is 0 Å². The highest BCUT2D eigenvalue weighted by molar-refractivity contribution is 5.14. The fraction of sp³-hybridized carbons (Fsp3) is 0.600. The lowest BCUT2D eigenvalue weighted by Crippen LogP contribution is -2.40. The molecular weight excluding hydrogens is 208 g/mol. The molecule has 0 saturated carbocycles. The molecule has 0 aliphatic carbocycles. The highest BCUT2D eigenvalue weighted by Crippen LogP contribution is 2.19. The highest BCUT2D eigenvalue weighted by atomic mass is 15.1. The third-order valence-electron chi connectivity index (χ3n) is 3.94. The maximum Gasteiger partial charge on any atom is 0.0208 e. The molecule has 0 radical (unpaired) electrons. The Morgan fingerprint density at radius 3 is 2.53 bits per heavy atom. The van der Waals surface area contributed by atoms with Crippen LogP contribution in [0.5, 0.6) is 0 Å². The number of hydrogen-bond donors (Lipinski definition) is 1. The molecule has 1 unspecified atom stereocenters. The number of benzene rings is 1. The van der Waals surface area contributed by atoms with Crippen LogP contribution in [0.15, 0.2) is 30.3 Å². The molecule has 94 valence electrons. The van der Waals surface area contributed by atoms with E-state index in [1.165, 1.54) is 31.5 Å². The van der Waals surface area contributed by atoms with Gasteiger partial charge >= 0.3 is 0 Å². The lowest BCUT2D eigenvalue weighted by atomic mass is 9.90. The van der Waals surface area contributed by atoms with Gasteiger partial charge in [-0.1, -0.05) is 30.3 Å². The largest absolute Gasteiger partial charge is 0.310 e. The molecule has 0 aromatic heterocycles. The Morgan fingerprint density at radius 2 is 1.88 bits per heavy atom. The van der Waals surface area contributed by atoms with Crippen molar-refractivity contribution in [2.45, 2.75) is 32.4 Å². The minimum atomic E-state index is 0.629. The number of nitrogens with one attached hydrogen (secondary N) is 1. The van der Waals surface area contributed by atoms with Crippen LogP contribution >= 0.6 is 0 Å². The molecule has 0 bridgehead atoms. The predicted octanol–water partition coefficient (Wildman–Crippen LogP) is 2.51. The Labute approximate surface area is 105 Å². The minimum absolute atomic E-state index is 0.629. The van der Waals surface area contributed by atoms with Gasteiger partial charge in [-0.05, 0) is 51.4 Å². The van der Waals surface area contributed by atoms with Crippen LogP contribution in [-0.4, -0.2) is 31.1 Å². The van der Waals surface area contributed by atoms with Gasteiger partial charge in [-0.3, -0.25) is 0 Å². The topological polar surface area (TPSA) is 15.3 Å². The summed E-state index contributed by atoms with van der Waals surface area (Å²) in [6.45, 7) is 5.83. The van der Waals surface area contributed by atoms with Gasteiger partial charge in [0, 0.05) is 12.6 Å². The highest BCUT2D eigenvalue weighted by Gasteiger charge is 2.21. The molecule has 17 heavy (non-hydrogen) atoms. The van der Waals surface area contributed by atoms with E-state index in [9.17, 15) is 0 Å². The summed E-state index contributed by atoms with van der Waals surface area (Å²) in [6, 6.07) is 11.3. The lowest BCUT2D eigenvalue weighted by Gasteiger charge is -2.33. The molecule has 1 fully saturated rings. The Kier molecular flexibility index (Phi) is 4.57. The average molecular weight is 232 g/mol. The summed E-state index contributed by atoms with van der Waals surface area (Å²) < 4.78 is 0. The summed E-state index contributed by atoms with van der Waals surface area (Å²) >= 11 is 0. The molecule has 1 N–H and O–H groups in total. The van der Waals surface area contributed by atoms with Gasteiger partial charge in [0.05, 0.1) is 0 Å². The van der Waals surface area contributed by atoms with Crippen LogP contribution in [0.3, 0.4) is 0 Å². The quantitative estimate of drug-likeness (QED) is 0.858. The molecule has 2 heteroatoms. The molecule has 1 aromatic carbocycles. The predicted molar refractivity (Wildman–Crippen MR) is 73.0 cm³/mol. The van der Waals surface area contributed by atoms with Gasteiger partial charge < -0.3 is 10.2 Å². The van der Waals surface area contributed by atoms with Crippen LogP contribution < -0.4 is 5.32 Å². The van der Waals surface area contributed by atoms with Crippen molar-refractivity contribution in [1.82, 2.24) is 10.2 Å². The number of piperidine rings is 1. The van der Waals surface area contributed by atoms with Gasteiger partial charge in [0.15, 0.2) is 0 Å². The number of nitrogens with zero attached hydrogens (tertiary/aromatic N) is 1. The van der Waals surface area contributed by atoms with Crippen molar-refractivity contribution in [1.29, 1.82) is 0 Å². The SMILES string of the molecule is CC(NCc1ccccc1)C1CCN(C)CC1. The Morgan fingerprint density at radius 1 is 1.24 bits per heavy atom. The fourth-order valence-electron chi connectivity index (χ4n) is 2.57. The number of hydrogen-bond acceptors (Lipinski definition) is 2. The molecule has 0 amide bonds. The van der Waals surface area contributed by atoms with Crippen LogP contribution in [0.4, 0.5) is 0 Å². The molecule has 2 rings (SSSR count). The lowest BCUT2D eigenvalue weighted by molar-refractivity contribution is 0.189. The first kappa shape index (κ1) is 12.6. The van der Waals surface area contributed by atoms with Crippen molar-refractivity contribution in [2.75, 3.05) is 20.1 Å². The molecule has 1 atom stereocenters. The minimum Gasteiger partial charge on any atom is -0.310 e. The fourth-order valence-corrected chi connectivity index (χ4v) is 2.57. The van der Waals surface area contributed by atoms with Crippen LogP contribution in [0.1, 0.15) is 25.3 Å². The third-order valence-corrected chi connectivity index (χ3v) is 3.94. The van der Waals surface area contributed by atoms with E-state index < -0.39 is 0 Å². The molecule has 1 aromatic rings. The molecular formula is C15H24N2. The maximum absolute atomic E-state index is 3.66. The van der Waals surface area contributed by atoms with Gasteiger partial charge in [0.1, 0.15) is 0 Å². The standard InChI is InChI=1S/C15H24N2/c1-13(15-8-10-17(2)11-9-15)16-12-14-6-4-3-5-7-14/h3-7,13,15-16H,8-12H2,1-2H3. The zero-order valence-electron chi connectivity index (χ0n) is 11.0. The summed E-state index contributed by atoms with van der Waals surface area (Å²) in [7, 11) is 2.22. The average Bonchev–Trinajstić information content (AvgIpc) is 2.38. The first-order valence-corrected chi connectivity index (χ1v) is 6.71. The second-order valence-electron chi connectivity index (χ2n) is 5.30. The molecule has 1 aliphatic heterocycles. The van der Waals surface area contributed by atoms with Crippen molar-refractivity contribution in [2.24, 2.45) is 5.92 Å². The van der Waals surface area contributed by atoms with E-state index in [0.29, 0.717) is 6.04 Å². The van der Waals surface area contributed by atoms with E-state index in [0.717, 1.165) is 12.5 Å². The summed E-state index contributed by atoms with van der Waals surface area (Å²) in [6.07, 6.45) is 2.67. The molecule has 1 saturated heterocycles. The van der Waals surface area contributed by atoms with E-state index in [-0.39, 0.29) is 0 Å². The first-order chi connectivity index (χ1) is 8.25. The summed E-state index contributed by atoms with van der Waals surface area (Å²) in [5.74, 6) is 0.843. The Bertz CT molecular complexity index is 315. The molecule has 1 heterocycles. The summed E-state index contributed by atoms with van der Waals surface area (Å²) in [4.78, 5) is 2.43. The van der Waals surface area contributed by atoms with Gasteiger partial charge in [-0.15, -0.1) is 0 Å². The normalized spacial score (nSPS) is 20.4. The van der Waals surface area contributed by atoms with Crippen LogP contribution in [-0.2, 0) is 6.54 Å². The van der Waals surface area contributed by atoms with Crippen LogP contribution in [0.25, 0.3) is 0 Å². The maximum atomic E-state index is 3.66. The summed E-state index contributed by atoms with van der Waals surface area (Å²) in [5, 5.41) is 3.66. The monoisotopic (exact) mass is 232 g/mol. The zero-order chi connectivity index (χ0) is 12.1. The van der Waals surface area contributed by atoms with E-state index in [2.05, 4.69) is 54.5 Å². The van der Waals surface area contributed by atoms with E-state index >= 15 is 0 Å². The van der Waals surface area contributed by atoms with E-state index in [1.807, 2.05) is 0 Å². The second kappa shape index (κ2) is 6.18. The van der Waals surface area contributed by atoms with Gasteiger partial charge in [0.25, 0.3) is 0 Å². The third kappa shape index (κ3) is 3.83. The molecule has 2 nitrogen and oxygen atoms in total. The van der Waals surface area contributed by atoms with Crippen LogP contribution in [0, 0.1) is 5.92 Å². The Hall–Kier alpha value is -0.860. The van der Waals surface area contributed by atoms with Crippen molar-refractivity contribution in [3.05, 3.63) is 35.9 Å². The first-order valence-electron chi connectivity index (χ1n) is 6.71. The molecule has 0 spiro atoms. The smallest absolute Gasteiger partial charge is 0.0208 e. The Balaban J connectivity index is 1.75. The number of likely N-dealkylation sites (tertiary alicyclic amines) is 1.